The number of nitrogens with one attached hydrogen (secondary N) is 2. The van der Waals surface area contributed by atoms with Crippen molar-refractivity contribution in [2.24, 2.45) is 10.9 Å². The normalized spacial score (nSPS) is 28.9. The van der Waals surface area contributed by atoms with Gasteiger partial charge < -0.3 is 15.5 Å². The smallest absolute Gasteiger partial charge is 0.139 e. The van der Waals surface area contributed by atoms with Crippen molar-refractivity contribution < 1.29 is 0 Å². The van der Waals surface area contributed by atoms with Crippen LogP contribution in [0.25, 0.3) is 0 Å². The van der Waals surface area contributed by atoms with Crippen molar-refractivity contribution in [3.05, 3.63) is 35.8 Å². The van der Waals surface area contributed by atoms with Gasteiger partial charge in [0.05, 0.1) is 0 Å². The number of amidine groups is 1. The summed E-state index contributed by atoms with van der Waals surface area (Å²) in [5.41, 5.74) is 4.07. The van der Waals surface area contributed by atoms with Gasteiger partial charge in [-0.2, -0.15) is 0 Å². The summed E-state index contributed by atoms with van der Waals surface area (Å²) in [6.45, 7) is 11.4. The molecule has 1 aliphatic carbocycles. The summed E-state index contributed by atoms with van der Waals surface area (Å²) < 4.78 is 0. The molecule has 2 aliphatic heterocycles. The molecule has 1 unspecified atom stereocenters. The molecule has 0 aromatic heterocycles. The van der Waals surface area contributed by atoms with Crippen LogP contribution in [0.2, 0.25) is 0 Å². The molecule has 2 heterocycles. The number of hydrogen-bond acceptors (Lipinski definition) is 4. The van der Waals surface area contributed by atoms with Gasteiger partial charge in [0.25, 0.3) is 0 Å². The molecule has 4 nitrogen and oxygen atoms in total. The van der Waals surface area contributed by atoms with E-state index in [1.807, 2.05) is 6.20 Å². The monoisotopic (exact) mass is 272 g/mol. The summed E-state index contributed by atoms with van der Waals surface area (Å²) in [6.07, 6.45) is 6.37. The van der Waals surface area contributed by atoms with Gasteiger partial charge in [-0.1, -0.05) is 6.58 Å². The van der Waals surface area contributed by atoms with Crippen LogP contribution < -0.4 is 10.6 Å². The number of aliphatic imine (C=N–C) groups is 1. The van der Waals surface area contributed by atoms with E-state index in [9.17, 15) is 0 Å². The highest BCUT2D eigenvalue weighted by atomic mass is 15.2. The van der Waals surface area contributed by atoms with Crippen molar-refractivity contribution in [2.75, 3.05) is 19.6 Å². The Kier molecular flexibility index (Phi) is 3.66. The van der Waals surface area contributed by atoms with Crippen LogP contribution in [-0.4, -0.2) is 36.4 Å². The van der Waals surface area contributed by atoms with Crippen LogP contribution in [0.4, 0.5) is 0 Å². The molecular formula is C16H24N4. The van der Waals surface area contributed by atoms with Gasteiger partial charge in [0, 0.05) is 43.1 Å². The first-order valence-electron chi connectivity index (χ1n) is 7.56. The van der Waals surface area contributed by atoms with Gasteiger partial charge in [0.1, 0.15) is 5.84 Å². The van der Waals surface area contributed by atoms with Gasteiger partial charge in [-0.15, -0.1) is 0 Å². The molecule has 108 valence electrons. The maximum absolute atomic E-state index is 4.56. The van der Waals surface area contributed by atoms with E-state index in [-0.39, 0.29) is 0 Å². The molecule has 2 N–H and O–H groups in total. The minimum absolute atomic E-state index is 0.543. The van der Waals surface area contributed by atoms with E-state index in [4.69, 9.17) is 0 Å². The number of hydrogen-bond donors (Lipinski definition) is 2. The zero-order valence-corrected chi connectivity index (χ0v) is 12.4. The van der Waals surface area contributed by atoms with Gasteiger partial charge in [-0.05, 0) is 44.4 Å². The van der Waals surface area contributed by atoms with Gasteiger partial charge in [0.2, 0.25) is 0 Å². The van der Waals surface area contributed by atoms with Crippen LogP contribution in [0.15, 0.2) is 40.8 Å². The standard InChI is InChI=1S/C16H24N4/c1-4-17-16-15(14(9-19-16)13-5-6-13)12(3)20-8-7-18-11(2)10-20/h4,9,11,13,18H,1,5-8,10H2,2-3H3,(H,17,19)/b15-12+. The lowest BCUT2D eigenvalue weighted by atomic mass is 10.00. The summed E-state index contributed by atoms with van der Waals surface area (Å²) in [5, 5.41) is 6.70. The molecule has 1 atom stereocenters. The fourth-order valence-corrected chi connectivity index (χ4v) is 3.09. The maximum atomic E-state index is 4.56. The summed E-state index contributed by atoms with van der Waals surface area (Å²) in [4.78, 5) is 7.04. The molecule has 4 heteroatoms. The molecule has 3 aliphatic rings. The Morgan fingerprint density at radius 1 is 1.55 bits per heavy atom. The highest BCUT2D eigenvalue weighted by Crippen LogP contribution is 2.43. The van der Waals surface area contributed by atoms with Crippen molar-refractivity contribution in [3.63, 3.8) is 0 Å². The number of nitrogens with zero attached hydrogens (tertiary/aromatic N) is 2. The number of allylic oxidation sites excluding steroid dienone is 1. The molecule has 0 amide bonds. The van der Waals surface area contributed by atoms with Crippen molar-refractivity contribution in [1.82, 2.24) is 15.5 Å². The zero-order valence-electron chi connectivity index (χ0n) is 12.4. The fourth-order valence-electron chi connectivity index (χ4n) is 3.09. The lowest BCUT2D eigenvalue weighted by molar-refractivity contribution is 0.255. The minimum atomic E-state index is 0.543. The minimum Gasteiger partial charge on any atom is -0.372 e. The lowest BCUT2D eigenvalue weighted by Crippen LogP contribution is -2.48. The lowest BCUT2D eigenvalue weighted by Gasteiger charge is -2.35. The van der Waals surface area contributed by atoms with Crippen molar-refractivity contribution in [2.45, 2.75) is 32.7 Å². The Labute approximate surface area is 121 Å². The predicted octanol–water partition coefficient (Wildman–Crippen LogP) is 1.99. The average Bonchev–Trinajstić information content (AvgIpc) is 3.20. The quantitative estimate of drug-likeness (QED) is 0.825. The van der Waals surface area contributed by atoms with E-state index in [1.54, 1.807) is 6.20 Å². The van der Waals surface area contributed by atoms with E-state index in [2.05, 4.69) is 41.0 Å². The van der Waals surface area contributed by atoms with Gasteiger partial charge >= 0.3 is 0 Å². The van der Waals surface area contributed by atoms with E-state index in [0.717, 1.165) is 25.5 Å². The first-order chi connectivity index (χ1) is 9.70. The van der Waals surface area contributed by atoms with E-state index < -0.39 is 0 Å². The molecule has 0 radical (unpaired) electrons. The number of rotatable bonds is 3. The third kappa shape index (κ3) is 2.52. The van der Waals surface area contributed by atoms with Crippen LogP contribution in [0.3, 0.4) is 0 Å². The van der Waals surface area contributed by atoms with Crippen molar-refractivity contribution >= 4 is 5.84 Å². The Bertz CT molecular complexity index is 497. The first kappa shape index (κ1) is 13.4. The zero-order chi connectivity index (χ0) is 14.1. The topological polar surface area (TPSA) is 39.7 Å². The molecule has 0 spiro atoms. The largest absolute Gasteiger partial charge is 0.372 e. The van der Waals surface area contributed by atoms with Crippen molar-refractivity contribution in [3.8, 4) is 0 Å². The predicted molar refractivity (Wildman–Crippen MR) is 83.3 cm³/mol. The molecule has 1 saturated carbocycles. The second-order valence-corrected chi connectivity index (χ2v) is 5.95. The summed E-state index contributed by atoms with van der Waals surface area (Å²) in [5.74, 6) is 1.68. The molecule has 0 bridgehead atoms. The molecule has 2 fully saturated rings. The Hall–Kier alpha value is -1.55. The highest BCUT2D eigenvalue weighted by molar-refractivity contribution is 6.06. The Morgan fingerprint density at radius 3 is 3.00 bits per heavy atom. The van der Waals surface area contributed by atoms with Gasteiger partial charge in [-0.25, -0.2) is 4.99 Å². The SMILES string of the molecule is C=CNC1=NC=C(C2CC2)/C1=C(/C)N1CCNC(C)C1. The molecule has 0 aromatic rings. The average molecular weight is 272 g/mol. The first-order valence-corrected chi connectivity index (χ1v) is 7.56. The third-order valence-electron chi connectivity index (χ3n) is 4.32. The van der Waals surface area contributed by atoms with E-state index in [0.29, 0.717) is 12.0 Å². The summed E-state index contributed by atoms with van der Waals surface area (Å²) >= 11 is 0. The Morgan fingerprint density at radius 2 is 2.35 bits per heavy atom. The van der Waals surface area contributed by atoms with Crippen LogP contribution in [-0.2, 0) is 0 Å². The van der Waals surface area contributed by atoms with E-state index in [1.165, 1.54) is 29.7 Å². The summed E-state index contributed by atoms with van der Waals surface area (Å²) in [6, 6.07) is 0.543. The second kappa shape index (κ2) is 5.44. The maximum Gasteiger partial charge on any atom is 0.139 e. The van der Waals surface area contributed by atoms with Gasteiger partial charge in [-0.3, -0.25) is 0 Å². The van der Waals surface area contributed by atoms with Crippen molar-refractivity contribution in [1.29, 1.82) is 0 Å². The summed E-state index contributed by atoms with van der Waals surface area (Å²) in [7, 11) is 0. The molecular weight excluding hydrogens is 248 g/mol. The fraction of sp³-hybridized carbons (Fsp3) is 0.562. The van der Waals surface area contributed by atoms with Gasteiger partial charge in [0.15, 0.2) is 0 Å². The third-order valence-corrected chi connectivity index (χ3v) is 4.32. The molecule has 3 rings (SSSR count). The number of piperazine rings is 1. The molecule has 20 heavy (non-hydrogen) atoms. The van der Waals surface area contributed by atoms with Crippen LogP contribution in [0, 0.1) is 5.92 Å². The second-order valence-electron chi connectivity index (χ2n) is 5.95. The molecule has 0 aromatic carbocycles. The van der Waals surface area contributed by atoms with Crippen LogP contribution in [0.1, 0.15) is 26.7 Å². The Balaban J connectivity index is 1.89. The highest BCUT2D eigenvalue weighted by Gasteiger charge is 2.34. The van der Waals surface area contributed by atoms with Crippen LogP contribution >= 0.6 is 0 Å². The molecule has 1 saturated heterocycles. The van der Waals surface area contributed by atoms with Crippen LogP contribution in [0.5, 0.6) is 0 Å². The van der Waals surface area contributed by atoms with E-state index >= 15 is 0 Å².